The second-order valence-electron chi connectivity index (χ2n) is 5.02. The Morgan fingerprint density at radius 2 is 2.05 bits per heavy atom. The highest BCUT2D eigenvalue weighted by Gasteiger charge is 2.20. The van der Waals surface area contributed by atoms with Crippen molar-refractivity contribution in [3.63, 3.8) is 0 Å². The van der Waals surface area contributed by atoms with Gasteiger partial charge in [0.2, 0.25) is 0 Å². The van der Waals surface area contributed by atoms with Gasteiger partial charge in [-0.1, -0.05) is 24.3 Å². The maximum absolute atomic E-state index is 5.72. The van der Waals surface area contributed by atoms with Crippen LogP contribution in [0.25, 0.3) is 5.69 Å². The Morgan fingerprint density at radius 1 is 1.20 bits per heavy atom. The maximum atomic E-state index is 5.72. The lowest BCUT2D eigenvalue weighted by Gasteiger charge is -2.20. The number of aromatic nitrogens is 3. The molecule has 0 bridgehead atoms. The van der Waals surface area contributed by atoms with E-state index in [1.165, 1.54) is 18.4 Å². The largest absolute Gasteiger partial charge is 0.271 e. The summed E-state index contributed by atoms with van der Waals surface area (Å²) < 4.78 is 0. The summed E-state index contributed by atoms with van der Waals surface area (Å²) >= 11 is 0. The van der Waals surface area contributed by atoms with E-state index in [2.05, 4.69) is 21.7 Å². The van der Waals surface area contributed by atoms with Crippen LogP contribution in [0.2, 0.25) is 0 Å². The summed E-state index contributed by atoms with van der Waals surface area (Å²) in [6, 6.07) is 9.85. The normalized spacial score (nSPS) is 16.8. The fourth-order valence-electron chi connectivity index (χ4n) is 2.60. The number of nitrogens with two attached hydrogens (primary N) is 1. The van der Waals surface area contributed by atoms with Gasteiger partial charge in [0.05, 0.1) is 17.9 Å². The average molecular weight is 269 g/mol. The van der Waals surface area contributed by atoms with E-state index in [1.807, 2.05) is 30.3 Å². The number of nitrogens with zero attached hydrogens (tertiary/aromatic N) is 3. The van der Waals surface area contributed by atoms with E-state index >= 15 is 0 Å². The van der Waals surface area contributed by atoms with Gasteiger partial charge >= 0.3 is 0 Å². The molecule has 1 aliphatic rings. The number of para-hydroxylation sites is 1. The van der Waals surface area contributed by atoms with Crippen LogP contribution in [0.15, 0.2) is 48.2 Å². The Kier molecular flexibility index (Phi) is 3.90. The summed E-state index contributed by atoms with van der Waals surface area (Å²) in [7, 11) is 0. The minimum atomic E-state index is -0.0345. The Hall–Kier alpha value is -1.98. The molecule has 0 spiro atoms. The van der Waals surface area contributed by atoms with Crippen LogP contribution in [-0.2, 0) is 0 Å². The van der Waals surface area contributed by atoms with Crippen molar-refractivity contribution >= 4 is 0 Å². The number of allylic oxidation sites excluding steroid dienone is 1. The Labute approximate surface area is 118 Å². The third-order valence-electron chi connectivity index (χ3n) is 3.66. The molecular formula is C15H19N5. The van der Waals surface area contributed by atoms with Crippen LogP contribution < -0.4 is 11.3 Å². The lowest BCUT2D eigenvalue weighted by Crippen LogP contribution is -2.30. The van der Waals surface area contributed by atoms with E-state index in [9.17, 15) is 0 Å². The highest BCUT2D eigenvalue weighted by atomic mass is 15.5. The monoisotopic (exact) mass is 269 g/mol. The van der Waals surface area contributed by atoms with Gasteiger partial charge in [-0.05, 0) is 43.4 Å². The second kappa shape index (κ2) is 5.98. The van der Waals surface area contributed by atoms with Gasteiger partial charge < -0.3 is 0 Å². The molecule has 0 aliphatic heterocycles. The summed E-state index contributed by atoms with van der Waals surface area (Å²) in [6.45, 7) is 0. The van der Waals surface area contributed by atoms with Crippen LogP contribution in [0.1, 0.15) is 37.4 Å². The number of hydrogen-bond donors (Lipinski definition) is 2. The van der Waals surface area contributed by atoms with Crippen molar-refractivity contribution in [3.05, 3.63) is 53.9 Å². The molecule has 0 saturated carbocycles. The third kappa shape index (κ3) is 2.64. The van der Waals surface area contributed by atoms with Gasteiger partial charge in [0.15, 0.2) is 0 Å². The highest BCUT2D eigenvalue weighted by Crippen LogP contribution is 2.28. The number of rotatable bonds is 4. The van der Waals surface area contributed by atoms with Crippen molar-refractivity contribution in [1.29, 1.82) is 0 Å². The lowest BCUT2D eigenvalue weighted by molar-refractivity contribution is 0.550. The van der Waals surface area contributed by atoms with E-state index in [4.69, 9.17) is 5.84 Å². The SMILES string of the molecule is NNC(C1=CCCCC1)c1cnn(-c2ccccc2)n1. The molecule has 5 heteroatoms. The molecule has 0 radical (unpaired) electrons. The van der Waals surface area contributed by atoms with Crippen molar-refractivity contribution in [1.82, 2.24) is 20.4 Å². The smallest absolute Gasteiger partial charge is 0.106 e. The second-order valence-corrected chi connectivity index (χ2v) is 5.02. The first-order valence-electron chi connectivity index (χ1n) is 7.01. The number of hydrazine groups is 1. The van der Waals surface area contributed by atoms with Gasteiger partial charge in [-0.3, -0.25) is 5.84 Å². The van der Waals surface area contributed by atoms with Crippen molar-refractivity contribution in [2.24, 2.45) is 5.84 Å². The average Bonchev–Trinajstić information content (AvgIpc) is 3.00. The minimum Gasteiger partial charge on any atom is -0.271 e. The first-order chi connectivity index (χ1) is 9.88. The zero-order valence-electron chi connectivity index (χ0n) is 11.4. The fraction of sp³-hybridized carbons (Fsp3) is 0.333. The summed E-state index contributed by atoms with van der Waals surface area (Å²) in [6.07, 6.45) is 8.74. The molecule has 1 heterocycles. The molecule has 1 aliphatic carbocycles. The maximum Gasteiger partial charge on any atom is 0.106 e. The van der Waals surface area contributed by atoms with Crippen LogP contribution in [-0.4, -0.2) is 15.0 Å². The molecule has 2 aromatic rings. The Bertz CT molecular complexity index is 587. The third-order valence-corrected chi connectivity index (χ3v) is 3.66. The van der Waals surface area contributed by atoms with Crippen molar-refractivity contribution in [3.8, 4) is 5.69 Å². The number of nitrogens with one attached hydrogen (secondary N) is 1. The molecule has 1 aromatic heterocycles. The molecule has 0 saturated heterocycles. The fourth-order valence-corrected chi connectivity index (χ4v) is 2.60. The van der Waals surface area contributed by atoms with Crippen LogP contribution in [0, 0.1) is 0 Å². The van der Waals surface area contributed by atoms with Gasteiger partial charge in [-0.25, -0.2) is 5.43 Å². The van der Waals surface area contributed by atoms with Gasteiger partial charge in [-0.2, -0.15) is 15.0 Å². The van der Waals surface area contributed by atoms with Crippen LogP contribution >= 0.6 is 0 Å². The summed E-state index contributed by atoms with van der Waals surface area (Å²) in [4.78, 5) is 1.64. The van der Waals surface area contributed by atoms with Crippen LogP contribution in [0.5, 0.6) is 0 Å². The Balaban J connectivity index is 1.86. The van der Waals surface area contributed by atoms with Crippen LogP contribution in [0.4, 0.5) is 0 Å². The molecule has 0 fully saturated rings. The first-order valence-corrected chi connectivity index (χ1v) is 7.01. The van der Waals surface area contributed by atoms with E-state index < -0.39 is 0 Å². The molecule has 3 rings (SSSR count). The van der Waals surface area contributed by atoms with Crippen molar-refractivity contribution < 1.29 is 0 Å². The van der Waals surface area contributed by atoms with Crippen LogP contribution in [0.3, 0.4) is 0 Å². The topological polar surface area (TPSA) is 68.8 Å². The summed E-state index contributed by atoms with van der Waals surface area (Å²) in [5.74, 6) is 5.72. The van der Waals surface area contributed by atoms with E-state index in [0.29, 0.717) is 0 Å². The molecule has 1 aromatic carbocycles. The quantitative estimate of drug-likeness (QED) is 0.507. The standard InChI is InChI=1S/C15H19N5/c16-18-15(12-7-3-1-4-8-12)14-11-17-20(19-14)13-9-5-2-6-10-13/h2,5-7,9-11,15,18H,1,3-4,8,16H2. The van der Waals surface area contributed by atoms with E-state index in [1.54, 1.807) is 11.0 Å². The molecule has 20 heavy (non-hydrogen) atoms. The summed E-state index contributed by atoms with van der Waals surface area (Å²) in [5, 5.41) is 8.88. The molecule has 1 unspecified atom stereocenters. The van der Waals surface area contributed by atoms with Gasteiger partial charge in [0, 0.05) is 0 Å². The zero-order valence-corrected chi connectivity index (χ0v) is 11.4. The molecule has 0 amide bonds. The lowest BCUT2D eigenvalue weighted by atomic mass is 9.93. The minimum absolute atomic E-state index is 0.0345. The first kappa shape index (κ1) is 13.0. The molecule has 3 N–H and O–H groups in total. The van der Waals surface area contributed by atoms with Gasteiger partial charge in [0.25, 0.3) is 0 Å². The van der Waals surface area contributed by atoms with Gasteiger partial charge in [0.1, 0.15) is 5.69 Å². The van der Waals surface area contributed by atoms with Crippen molar-refractivity contribution in [2.45, 2.75) is 31.7 Å². The molecular weight excluding hydrogens is 250 g/mol. The van der Waals surface area contributed by atoms with Crippen molar-refractivity contribution in [2.75, 3.05) is 0 Å². The molecule has 104 valence electrons. The van der Waals surface area contributed by atoms with E-state index in [-0.39, 0.29) is 6.04 Å². The zero-order chi connectivity index (χ0) is 13.8. The molecule has 5 nitrogen and oxygen atoms in total. The predicted molar refractivity (Wildman–Crippen MR) is 78.0 cm³/mol. The number of benzene rings is 1. The summed E-state index contributed by atoms with van der Waals surface area (Å²) in [5.41, 5.74) is 6.00. The molecule has 1 atom stereocenters. The van der Waals surface area contributed by atoms with E-state index in [0.717, 1.165) is 24.2 Å². The Morgan fingerprint density at radius 3 is 2.75 bits per heavy atom. The van der Waals surface area contributed by atoms with Gasteiger partial charge in [-0.15, -0.1) is 0 Å². The highest BCUT2D eigenvalue weighted by molar-refractivity contribution is 5.29. The number of hydrogen-bond acceptors (Lipinski definition) is 4. The predicted octanol–water partition coefficient (Wildman–Crippen LogP) is 2.27.